The van der Waals surface area contributed by atoms with Crippen molar-refractivity contribution in [3.05, 3.63) is 59.8 Å². The zero-order valence-corrected chi connectivity index (χ0v) is 10.7. The molecule has 3 rings (SSSR count). The van der Waals surface area contributed by atoms with Crippen LogP contribution in [0, 0.1) is 5.82 Å². The van der Waals surface area contributed by atoms with E-state index in [4.69, 9.17) is 9.84 Å². The van der Waals surface area contributed by atoms with Crippen molar-refractivity contribution in [3.8, 4) is 5.75 Å². The maximum absolute atomic E-state index is 13.4. The third-order valence-electron chi connectivity index (χ3n) is 2.82. The van der Waals surface area contributed by atoms with E-state index in [1.807, 2.05) is 0 Å². The van der Waals surface area contributed by atoms with E-state index in [9.17, 15) is 9.18 Å². The molecule has 21 heavy (non-hydrogen) atoms. The Kier molecular flexibility index (Phi) is 3.23. The predicted octanol–water partition coefficient (Wildman–Crippen LogP) is 2.15. The first-order valence-corrected chi connectivity index (χ1v) is 6.09. The lowest BCUT2D eigenvalue weighted by molar-refractivity contribution is 0.0696. The summed E-state index contributed by atoms with van der Waals surface area (Å²) in [4.78, 5) is 15.0. The lowest BCUT2D eigenvalue weighted by atomic mass is 10.3. The lowest BCUT2D eigenvalue weighted by Crippen LogP contribution is -2.01. The molecular weight excluding hydrogens is 277 g/mol. The minimum Gasteiger partial charge on any atom is -0.482 e. The Balaban J connectivity index is 1.82. The summed E-state index contributed by atoms with van der Waals surface area (Å²) < 4.78 is 20.1. The van der Waals surface area contributed by atoms with Crippen molar-refractivity contribution in [1.29, 1.82) is 0 Å². The van der Waals surface area contributed by atoms with Gasteiger partial charge in [-0.3, -0.25) is 0 Å². The molecule has 0 aliphatic heterocycles. The maximum atomic E-state index is 13.4. The molecular formula is C14H10FN3O3. The number of halogens is 1. The molecule has 0 saturated heterocycles. The quantitative estimate of drug-likeness (QED) is 0.795. The SMILES string of the molecule is O=C(O)c1ccc2nc(COc3ccccc3F)nn2c1. The van der Waals surface area contributed by atoms with Gasteiger partial charge in [-0.25, -0.2) is 18.7 Å². The number of fused-ring (bicyclic) bond motifs is 1. The molecule has 7 heteroatoms. The van der Waals surface area contributed by atoms with Gasteiger partial charge in [0, 0.05) is 6.20 Å². The second-order valence-electron chi connectivity index (χ2n) is 4.27. The van der Waals surface area contributed by atoms with Crippen LogP contribution in [0.5, 0.6) is 5.75 Å². The third kappa shape index (κ3) is 2.66. The highest BCUT2D eigenvalue weighted by atomic mass is 19.1. The summed E-state index contributed by atoms with van der Waals surface area (Å²) in [7, 11) is 0. The first kappa shape index (κ1) is 13.0. The first-order chi connectivity index (χ1) is 10.1. The van der Waals surface area contributed by atoms with Gasteiger partial charge in [-0.1, -0.05) is 12.1 Å². The van der Waals surface area contributed by atoms with Gasteiger partial charge in [0.1, 0.15) is 6.61 Å². The molecule has 0 spiro atoms. The molecule has 106 valence electrons. The Morgan fingerprint density at radius 1 is 1.29 bits per heavy atom. The highest BCUT2D eigenvalue weighted by molar-refractivity contribution is 5.87. The van der Waals surface area contributed by atoms with Crippen molar-refractivity contribution in [2.75, 3.05) is 0 Å². The van der Waals surface area contributed by atoms with Crippen molar-refractivity contribution in [1.82, 2.24) is 14.6 Å². The van der Waals surface area contributed by atoms with Crippen molar-refractivity contribution >= 4 is 11.6 Å². The minimum atomic E-state index is -1.04. The van der Waals surface area contributed by atoms with E-state index in [-0.39, 0.29) is 17.9 Å². The van der Waals surface area contributed by atoms with Crippen LogP contribution in [0.1, 0.15) is 16.2 Å². The number of carbonyl (C=O) groups is 1. The number of hydrogen-bond donors (Lipinski definition) is 1. The van der Waals surface area contributed by atoms with Crippen LogP contribution in [0.2, 0.25) is 0 Å². The summed E-state index contributed by atoms with van der Waals surface area (Å²) in [6.45, 7) is -0.00891. The fourth-order valence-electron chi connectivity index (χ4n) is 1.82. The fraction of sp³-hybridized carbons (Fsp3) is 0.0714. The van der Waals surface area contributed by atoms with Gasteiger partial charge < -0.3 is 9.84 Å². The molecule has 0 unspecified atom stereocenters. The molecule has 6 nitrogen and oxygen atoms in total. The lowest BCUT2D eigenvalue weighted by Gasteiger charge is -2.03. The van der Waals surface area contributed by atoms with Gasteiger partial charge in [-0.05, 0) is 24.3 Å². The number of carboxylic acids is 1. The zero-order valence-electron chi connectivity index (χ0n) is 10.7. The van der Waals surface area contributed by atoms with Gasteiger partial charge in [0.25, 0.3) is 0 Å². The van der Waals surface area contributed by atoms with Gasteiger partial charge in [-0.15, -0.1) is 5.10 Å². The Bertz CT molecular complexity index is 816. The number of aromatic nitrogens is 3. The van der Waals surface area contributed by atoms with Crippen LogP contribution >= 0.6 is 0 Å². The van der Waals surface area contributed by atoms with E-state index in [1.54, 1.807) is 18.2 Å². The number of rotatable bonds is 4. The molecule has 0 atom stereocenters. The summed E-state index contributed by atoms with van der Waals surface area (Å²) in [5.41, 5.74) is 0.598. The number of nitrogens with zero attached hydrogens (tertiary/aromatic N) is 3. The van der Waals surface area contributed by atoms with Gasteiger partial charge in [0.15, 0.2) is 23.0 Å². The normalized spacial score (nSPS) is 10.7. The Morgan fingerprint density at radius 2 is 2.10 bits per heavy atom. The number of aromatic carboxylic acids is 1. The third-order valence-corrected chi connectivity index (χ3v) is 2.82. The van der Waals surface area contributed by atoms with Crippen LogP contribution in [-0.4, -0.2) is 25.7 Å². The predicted molar refractivity (Wildman–Crippen MR) is 70.7 cm³/mol. The largest absolute Gasteiger partial charge is 0.482 e. The van der Waals surface area contributed by atoms with Gasteiger partial charge in [-0.2, -0.15) is 0 Å². The van der Waals surface area contributed by atoms with Crippen LogP contribution in [0.15, 0.2) is 42.6 Å². The van der Waals surface area contributed by atoms with Crippen molar-refractivity contribution in [2.45, 2.75) is 6.61 Å². The van der Waals surface area contributed by atoms with E-state index in [1.165, 1.54) is 28.9 Å². The molecule has 3 aromatic rings. The summed E-state index contributed by atoms with van der Waals surface area (Å²) >= 11 is 0. The van der Waals surface area contributed by atoms with E-state index < -0.39 is 11.8 Å². The molecule has 0 aliphatic rings. The summed E-state index contributed by atoms with van der Waals surface area (Å²) in [6.07, 6.45) is 1.36. The van der Waals surface area contributed by atoms with E-state index in [0.29, 0.717) is 11.5 Å². The van der Waals surface area contributed by atoms with Crippen molar-refractivity contribution < 1.29 is 19.0 Å². The molecule has 0 bridgehead atoms. The summed E-state index contributed by atoms with van der Waals surface area (Å²) in [5, 5.41) is 13.0. The number of hydrogen-bond acceptors (Lipinski definition) is 4. The molecule has 0 radical (unpaired) electrons. The number of ether oxygens (including phenoxy) is 1. The Labute approximate surface area is 118 Å². The monoisotopic (exact) mass is 287 g/mol. The minimum absolute atomic E-state index is 0.00891. The van der Waals surface area contributed by atoms with E-state index in [2.05, 4.69) is 10.1 Å². The van der Waals surface area contributed by atoms with Crippen LogP contribution < -0.4 is 4.74 Å². The molecule has 0 amide bonds. The highest BCUT2D eigenvalue weighted by Gasteiger charge is 2.09. The second-order valence-corrected chi connectivity index (χ2v) is 4.27. The van der Waals surface area contributed by atoms with Crippen molar-refractivity contribution in [3.63, 3.8) is 0 Å². The van der Waals surface area contributed by atoms with Crippen LogP contribution in [0.4, 0.5) is 4.39 Å². The van der Waals surface area contributed by atoms with Crippen LogP contribution in [0.25, 0.3) is 5.65 Å². The number of pyridine rings is 1. The standard InChI is InChI=1S/C14H10FN3O3/c15-10-3-1-2-4-11(10)21-8-12-16-13-6-5-9(14(19)20)7-18(13)17-12/h1-7H,8H2,(H,19,20). The second kappa shape index (κ2) is 5.20. The van der Waals surface area contributed by atoms with Crippen LogP contribution in [-0.2, 0) is 6.61 Å². The van der Waals surface area contributed by atoms with E-state index in [0.717, 1.165) is 0 Å². The van der Waals surface area contributed by atoms with Gasteiger partial charge >= 0.3 is 5.97 Å². The molecule has 1 aromatic carbocycles. The average Bonchev–Trinajstić information content (AvgIpc) is 2.88. The Hall–Kier alpha value is -2.96. The fourth-order valence-corrected chi connectivity index (χ4v) is 1.82. The van der Waals surface area contributed by atoms with E-state index >= 15 is 0 Å². The number of carboxylic acid groups (broad SMARTS) is 1. The number of benzene rings is 1. The molecule has 0 aliphatic carbocycles. The van der Waals surface area contributed by atoms with Gasteiger partial charge in [0.2, 0.25) is 0 Å². The topological polar surface area (TPSA) is 76.7 Å². The molecule has 0 saturated carbocycles. The average molecular weight is 287 g/mol. The van der Waals surface area contributed by atoms with Crippen LogP contribution in [0.3, 0.4) is 0 Å². The molecule has 2 aromatic heterocycles. The first-order valence-electron chi connectivity index (χ1n) is 6.09. The summed E-state index contributed by atoms with van der Waals surface area (Å²) in [6, 6.07) is 9.02. The maximum Gasteiger partial charge on any atom is 0.337 e. The Morgan fingerprint density at radius 3 is 2.86 bits per heavy atom. The highest BCUT2D eigenvalue weighted by Crippen LogP contribution is 2.16. The van der Waals surface area contributed by atoms with Crippen molar-refractivity contribution in [2.24, 2.45) is 0 Å². The molecule has 2 heterocycles. The van der Waals surface area contributed by atoms with Gasteiger partial charge in [0.05, 0.1) is 5.56 Å². The molecule has 0 fully saturated rings. The zero-order chi connectivity index (χ0) is 14.8. The number of para-hydroxylation sites is 1. The smallest absolute Gasteiger partial charge is 0.337 e. The summed E-state index contributed by atoms with van der Waals surface area (Å²) in [5.74, 6) is -1.06. The molecule has 1 N–H and O–H groups in total.